The number of carbonyl (C=O) groups is 2. The molecule has 0 spiro atoms. The van der Waals surface area contributed by atoms with Crippen LogP contribution < -0.4 is 5.32 Å². The molecule has 0 saturated heterocycles. The van der Waals surface area contributed by atoms with E-state index >= 15 is 0 Å². The van der Waals surface area contributed by atoms with Crippen LogP contribution in [-0.2, 0) is 21.5 Å². The number of carboxylic acid groups (broad SMARTS) is 1. The SMILES string of the molecule is Cc1cccc(C2(C(=O)Nc3ccn(CC(=O)O)n3)CCCC2)c1. The molecule has 1 saturated carbocycles. The molecule has 126 valence electrons. The molecule has 0 radical (unpaired) electrons. The van der Waals surface area contributed by atoms with Gasteiger partial charge in [0.2, 0.25) is 5.91 Å². The van der Waals surface area contributed by atoms with E-state index in [-0.39, 0.29) is 12.5 Å². The van der Waals surface area contributed by atoms with E-state index in [1.165, 1.54) is 4.68 Å². The van der Waals surface area contributed by atoms with Crippen LogP contribution in [0.2, 0.25) is 0 Å². The second kappa shape index (κ2) is 6.47. The molecule has 6 nitrogen and oxygen atoms in total. The Hall–Kier alpha value is -2.63. The lowest BCUT2D eigenvalue weighted by Gasteiger charge is -2.28. The number of benzene rings is 1. The highest BCUT2D eigenvalue weighted by atomic mass is 16.4. The third-order valence-corrected chi connectivity index (χ3v) is 4.64. The average Bonchev–Trinajstić information content (AvgIpc) is 3.17. The molecule has 0 unspecified atom stereocenters. The van der Waals surface area contributed by atoms with E-state index in [4.69, 9.17) is 5.11 Å². The summed E-state index contributed by atoms with van der Waals surface area (Å²) in [4.78, 5) is 23.7. The van der Waals surface area contributed by atoms with E-state index in [1.54, 1.807) is 12.3 Å². The minimum atomic E-state index is -0.969. The van der Waals surface area contributed by atoms with Crippen molar-refractivity contribution in [1.29, 1.82) is 0 Å². The van der Waals surface area contributed by atoms with Crippen molar-refractivity contribution in [3.63, 3.8) is 0 Å². The molecule has 1 amide bonds. The number of nitrogens with one attached hydrogen (secondary N) is 1. The number of hydrogen-bond acceptors (Lipinski definition) is 3. The summed E-state index contributed by atoms with van der Waals surface area (Å²) in [5, 5.41) is 15.8. The highest BCUT2D eigenvalue weighted by Gasteiger charge is 2.42. The molecule has 3 rings (SSSR count). The summed E-state index contributed by atoms with van der Waals surface area (Å²) in [6.07, 6.45) is 5.23. The quantitative estimate of drug-likeness (QED) is 0.884. The molecule has 0 aliphatic heterocycles. The third-order valence-electron chi connectivity index (χ3n) is 4.64. The van der Waals surface area contributed by atoms with Crippen molar-refractivity contribution in [1.82, 2.24) is 9.78 Å². The number of carboxylic acids is 1. The maximum Gasteiger partial charge on any atom is 0.325 e. The van der Waals surface area contributed by atoms with Crippen LogP contribution in [-0.4, -0.2) is 26.8 Å². The molecule has 1 fully saturated rings. The van der Waals surface area contributed by atoms with Crippen LogP contribution in [0.25, 0.3) is 0 Å². The highest BCUT2D eigenvalue weighted by molar-refractivity contribution is 5.98. The number of hydrogen-bond donors (Lipinski definition) is 2. The fourth-order valence-electron chi connectivity index (χ4n) is 3.46. The van der Waals surface area contributed by atoms with Gasteiger partial charge in [0.25, 0.3) is 0 Å². The summed E-state index contributed by atoms with van der Waals surface area (Å²) in [6, 6.07) is 9.73. The molecular weight excluding hydrogens is 306 g/mol. The minimum absolute atomic E-state index is 0.0637. The van der Waals surface area contributed by atoms with E-state index in [1.807, 2.05) is 25.1 Å². The summed E-state index contributed by atoms with van der Waals surface area (Å²) in [5.74, 6) is -0.644. The van der Waals surface area contributed by atoms with Crippen molar-refractivity contribution < 1.29 is 14.7 Å². The van der Waals surface area contributed by atoms with Crippen molar-refractivity contribution in [3.8, 4) is 0 Å². The largest absolute Gasteiger partial charge is 0.480 e. The van der Waals surface area contributed by atoms with Gasteiger partial charge in [-0.3, -0.25) is 14.3 Å². The van der Waals surface area contributed by atoms with Crippen molar-refractivity contribution in [3.05, 3.63) is 47.7 Å². The Bertz CT molecular complexity index is 760. The predicted octanol–water partition coefficient (Wildman–Crippen LogP) is 2.73. The van der Waals surface area contributed by atoms with Crippen molar-refractivity contribution in [2.24, 2.45) is 0 Å². The fourth-order valence-corrected chi connectivity index (χ4v) is 3.46. The zero-order chi connectivity index (χ0) is 17.2. The van der Waals surface area contributed by atoms with Crippen LogP contribution in [0.4, 0.5) is 5.82 Å². The number of anilines is 1. The smallest absolute Gasteiger partial charge is 0.325 e. The lowest BCUT2D eigenvalue weighted by molar-refractivity contribution is -0.137. The number of aliphatic carboxylic acids is 1. The summed E-state index contributed by atoms with van der Waals surface area (Å²) in [6.45, 7) is 1.80. The van der Waals surface area contributed by atoms with Gasteiger partial charge in [0, 0.05) is 12.3 Å². The van der Waals surface area contributed by atoms with Gasteiger partial charge in [-0.1, -0.05) is 42.7 Å². The Morgan fingerprint density at radius 1 is 1.29 bits per heavy atom. The van der Waals surface area contributed by atoms with E-state index in [2.05, 4.69) is 16.5 Å². The first-order chi connectivity index (χ1) is 11.5. The molecule has 1 aromatic heterocycles. The first-order valence-corrected chi connectivity index (χ1v) is 8.13. The summed E-state index contributed by atoms with van der Waals surface area (Å²) in [5.41, 5.74) is 1.66. The second-order valence-electron chi connectivity index (χ2n) is 6.41. The minimum Gasteiger partial charge on any atom is -0.480 e. The van der Waals surface area contributed by atoms with E-state index in [0.29, 0.717) is 5.82 Å². The topological polar surface area (TPSA) is 84.2 Å². The van der Waals surface area contributed by atoms with Gasteiger partial charge in [-0.15, -0.1) is 0 Å². The second-order valence-corrected chi connectivity index (χ2v) is 6.41. The van der Waals surface area contributed by atoms with Gasteiger partial charge in [0.1, 0.15) is 6.54 Å². The van der Waals surface area contributed by atoms with Gasteiger partial charge >= 0.3 is 5.97 Å². The molecule has 0 bridgehead atoms. The lowest BCUT2D eigenvalue weighted by Crippen LogP contribution is -2.38. The number of rotatable bonds is 5. The Morgan fingerprint density at radius 2 is 2.04 bits per heavy atom. The fraction of sp³-hybridized carbons (Fsp3) is 0.389. The maximum atomic E-state index is 13.0. The molecule has 2 aromatic rings. The van der Waals surface area contributed by atoms with Crippen LogP contribution >= 0.6 is 0 Å². The van der Waals surface area contributed by atoms with Crippen LogP contribution in [0.15, 0.2) is 36.5 Å². The molecule has 1 aliphatic rings. The Balaban J connectivity index is 1.83. The molecule has 2 N–H and O–H groups in total. The van der Waals surface area contributed by atoms with Crippen LogP contribution in [0.5, 0.6) is 0 Å². The van der Waals surface area contributed by atoms with Gasteiger partial charge in [-0.2, -0.15) is 5.10 Å². The summed E-state index contributed by atoms with van der Waals surface area (Å²) in [7, 11) is 0. The summed E-state index contributed by atoms with van der Waals surface area (Å²) < 4.78 is 1.30. The standard InChI is InChI=1S/C18H21N3O3/c1-13-5-4-6-14(11-13)18(8-2-3-9-18)17(24)19-15-7-10-21(20-15)12-16(22)23/h4-7,10-11H,2-3,8-9,12H2,1H3,(H,22,23)(H,19,20,24). The molecule has 1 heterocycles. The zero-order valence-electron chi connectivity index (χ0n) is 13.7. The van der Waals surface area contributed by atoms with E-state index in [9.17, 15) is 9.59 Å². The Labute approximate surface area is 140 Å². The van der Waals surface area contributed by atoms with E-state index < -0.39 is 11.4 Å². The number of nitrogens with zero attached hydrogens (tertiary/aromatic N) is 2. The number of amides is 1. The number of carbonyl (C=O) groups excluding carboxylic acids is 1. The monoisotopic (exact) mass is 327 g/mol. The van der Waals surface area contributed by atoms with Gasteiger partial charge in [-0.25, -0.2) is 0 Å². The average molecular weight is 327 g/mol. The lowest BCUT2D eigenvalue weighted by atomic mass is 9.77. The van der Waals surface area contributed by atoms with E-state index in [0.717, 1.165) is 36.8 Å². The van der Waals surface area contributed by atoms with Crippen LogP contribution in [0, 0.1) is 6.92 Å². The van der Waals surface area contributed by atoms with Crippen LogP contribution in [0.1, 0.15) is 36.8 Å². The Morgan fingerprint density at radius 3 is 2.71 bits per heavy atom. The van der Waals surface area contributed by atoms with Crippen molar-refractivity contribution >= 4 is 17.7 Å². The number of aromatic nitrogens is 2. The Kier molecular flexibility index (Phi) is 4.38. The number of aryl methyl sites for hydroxylation is 1. The van der Waals surface area contributed by atoms with Gasteiger partial charge in [-0.05, 0) is 25.3 Å². The molecule has 24 heavy (non-hydrogen) atoms. The first kappa shape index (κ1) is 16.2. The normalized spacial score (nSPS) is 16.0. The molecule has 1 aromatic carbocycles. The molecular formula is C18H21N3O3. The highest BCUT2D eigenvalue weighted by Crippen LogP contribution is 2.42. The van der Waals surface area contributed by atoms with Crippen molar-refractivity contribution in [2.75, 3.05) is 5.32 Å². The van der Waals surface area contributed by atoms with Gasteiger partial charge in [0.15, 0.2) is 5.82 Å². The van der Waals surface area contributed by atoms with Crippen molar-refractivity contribution in [2.45, 2.75) is 44.6 Å². The van der Waals surface area contributed by atoms with Gasteiger partial charge < -0.3 is 10.4 Å². The predicted molar refractivity (Wildman–Crippen MR) is 89.8 cm³/mol. The van der Waals surface area contributed by atoms with Crippen LogP contribution in [0.3, 0.4) is 0 Å². The molecule has 0 atom stereocenters. The summed E-state index contributed by atoms with van der Waals surface area (Å²) >= 11 is 0. The first-order valence-electron chi connectivity index (χ1n) is 8.13. The molecule has 6 heteroatoms. The maximum absolute atomic E-state index is 13.0. The third kappa shape index (κ3) is 3.18. The molecule has 1 aliphatic carbocycles. The zero-order valence-corrected chi connectivity index (χ0v) is 13.7. The van der Waals surface area contributed by atoms with Gasteiger partial charge in [0.05, 0.1) is 5.41 Å².